The van der Waals surface area contributed by atoms with Crippen molar-refractivity contribution in [1.82, 2.24) is 20.1 Å². The molecule has 31 heavy (non-hydrogen) atoms. The number of thioether (sulfide) groups is 1. The van der Waals surface area contributed by atoms with Gasteiger partial charge in [-0.2, -0.15) is 0 Å². The van der Waals surface area contributed by atoms with Crippen molar-refractivity contribution in [2.24, 2.45) is 0 Å². The van der Waals surface area contributed by atoms with Crippen LogP contribution in [0.1, 0.15) is 30.0 Å². The molecule has 1 atom stereocenters. The first kappa shape index (κ1) is 19.9. The van der Waals surface area contributed by atoms with E-state index in [1.54, 1.807) is 0 Å². The van der Waals surface area contributed by atoms with E-state index in [9.17, 15) is 4.79 Å². The number of carbonyl (C=O) groups excluding carboxylic acids is 1. The Hall–Kier alpha value is -3.00. The van der Waals surface area contributed by atoms with Crippen LogP contribution >= 0.6 is 11.8 Å². The maximum Gasteiger partial charge on any atom is 0.233 e. The fraction of sp³-hybridized carbons (Fsp3) is 0.348. The molecular weight excluding hydrogens is 412 g/mol. The van der Waals surface area contributed by atoms with Crippen molar-refractivity contribution in [3.63, 3.8) is 0 Å². The van der Waals surface area contributed by atoms with Crippen LogP contribution in [0, 0.1) is 6.92 Å². The molecule has 2 aromatic carbocycles. The van der Waals surface area contributed by atoms with Gasteiger partial charge in [0.2, 0.25) is 11.1 Å². The number of likely N-dealkylation sites (tertiary alicyclic amines) is 1. The summed E-state index contributed by atoms with van der Waals surface area (Å²) in [5.41, 5.74) is 3.27. The van der Waals surface area contributed by atoms with E-state index in [1.807, 2.05) is 54.3 Å². The third kappa shape index (κ3) is 4.25. The number of rotatable bonds is 5. The van der Waals surface area contributed by atoms with Crippen LogP contribution in [0.25, 0.3) is 11.4 Å². The van der Waals surface area contributed by atoms with E-state index in [-0.39, 0.29) is 11.9 Å². The summed E-state index contributed by atoms with van der Waals surface area (Å²) in [5, 5.41) is 7.81. The maximum atomic E-state index is 13.0. The fourth-order valence-electron chi connectivity index (χ4n) is 4.04. The molecule has 2 aliphatic heterocycles. The zero-order chi connectivity index (χ0) is 21.2. The summed E-state index contributed by atoms with van der Waals surface area (Å²) in [6.07, 6.45) is 1.95. The number of aromatic nitrogens is 3. The minimum atomic E-state index is 0.0687. The number of ether oxygens (including phenoxy) is 2. The molecule has 5 rings (SSSR count). The van der Waals surface area contributed by atoms with Crippen LogP contribution in [-0.2, 0) is 4.79 Å². The zero-order valence-electron chi connectivity index (χ0n) is 17.3. The summed E-state index contributed by atoms with van der Waals surface area (Å²) in [5.74, 6) is 2.67. The lowest BCUT2D eigenvalue weighted by Gasteiger charge is -2.26. The number of hydrogen-bond donors (Lipinski definition) is 1. The van der Waals surface area contributed by atoms with Crippen molar-refractivity contribution in [2.75, 3.05) is 25.5 Å². The van der Waals surface area contributed by atoms with Crippen LogP contribution in [0.3, 0.4) is 0 Å². The number of hydrogen-bond acceptors (Lipinski definition) is 6. The molecule has 1 fully saturated rings. The number of amides is 1. The van der Waals surface area contributed by atoms with Crippen LogP contribution in [0.5, 0.6) is 11.5 Å². The van der Waals surface area contributed by atoms with Gasteiger partial charge >= 0.3 is 0 Å². The number of aromatic amines is 1. The van der Waals surface area contributed by atoms with Crippen LogP contribution in [0.2, 0.25) is 0 Å². The Balaban J connectivity index is 1.23. The summed E-state index contributed by atoms with van der Waals surface area (Å²) < 4.78 is 11.3. The Bertz CT molecular complexity index is 1080. The van der Waals surface area contributed by atoms with Crippen molar-refractivity contribution in [3.8, 4) is 22.9 Å². The van der Waals surface area contributed by atoms with Crippen molar-refractivity contribution in [2.45, 2.75) is 31.0 Å². The first-order valence-electron chi connectivity index (χ1n) is 10.5. The molecule has 0 unspecified atom stereocenters. The molecule has 7 nitrogen and oxygen atoms in total. The molecule has 160 valence electrons. The summed E-state index contributed by atoms with van der Waals surface area (Å²) in [6, 6.07) is 14.2. The molecule has 0 bridgehead atoms. The highest BCUT2D eigenvalue weighted by molar-refractivity contribution is 7.99. The highest BCUT2D eigenvalue weighted by atomic mass is 32.2. The van der Waals surface area contributed by atoms with Gasteiger partial charge in [-0.25, -0.2) is 4.98 Å². The minimum absolute atomic E-state index is 0.0687. The lowest BCUT2D eigenvalue weighted by Crippen LogP contribution is -2.32. The normalized spacial score (nSPS) is 17.7. The Morgan fingerprint density at radius 1 is 1.16 bits per heavy atom. The predicted octanol–water partition coefficient (Wildman–Crippen LogP) is 4.01. The number of nitrogens with one attached hydrogen (secondary N) is 1. The van der Waals surface area contributed by atoms with Gasteiger partial charge in [-0.1, -0.05) is 47.7 Å². The molecule has 8 heteroatoms. The maximum absolute atomic E-state index is 13.0. The molecule has 3 aromatic rings. The Labute approximate surface area is 185 Å². The molecule has 0 spiro atoms. The van der Waals surface area contributed by atoms with E-state index in [1.165, 1.54) is 17.3 Å². The van der Waals surface area contributed by atoms with Crippen LogP contribution in [0.15, 0.2) is 47.6 Å². The predicted molar refractivity (Wildman–Crippen MR) is 118 cm³/mol. The zero-order valence-corrected chi connectivity index (χ0v) is 18.2. The Morgan fingerprint density at radius 2 is 1.97 bits per heavy atom. The first-order chi connectivity index (χ1) is 15.2. The molecule has 0 aliphatic carbocycles. The topological polar surface area (TPSA) is 80.3 Å². The van der Waals surface area contributed by atoms with E-state index in [0.717, 1.165) is 42.0 Å². The smallest absolute Gasteiger partial charge is 0.233 e. The van der Waals surface area contributed by atoms with Gasteiger partial charge < -0.3 is 14.4 Å². The molecular formula is C23H24N4O3S. The van der Waals surface area contributed by atoms with E-state index in [2.05, 4.69) is 15.2 Å². The van der Waals surface area contributed by atoms with Gasteiger partial charge in [0.15, 0.2) is 17.3 Å². The monoisotopic (exact) mass is 436 g/mol. The summed E-state index contributed by atoms with van der Waals surface area (Å²) in [4.78, 5) is 19.5. The van der Waals surface area contributed by atoms with Crippen molar-refractivity contribution in [1.29, 1.82) is 0 Å². The number of nitrogens with zero attached hydrogens (tertiary/aromatic N) is 3. The van der Waals surface area contributed by atoms with E-state index >= 15 is 0 Å². The lowest BCUT2D eigenvalue weighted by atomic mass is 10.0. The van der Waals surface area contributed by atoms with Gasteiger partial charge in [0.1, 0.15) is 13.2 Å². The molecule has 2 aliphatic rings. The number of fused-ring (bicyclic) bond motifs is 1. The van der Waals surface area contributed by atoms with Gasteiger partial charge in [-0.05, 0) is 37.5 Å². The lowest BCUT2D eigenvalue weighted by molar-refractivity contribution is -0.129. The van der Waals surface area contributed by atoms with Crippen LogP contribution < -0.4 is 9.47 Å². The Kier molecular flexibility index (Phi) is 5.55. The van der Waals surface area contributed by atoms with Crippen molar-refractivity contribution >= 4 is 17.7 Å². The van der Waals surface area contributed by atoms with E-state index in [4.69, 9.17) is 9.47 Å². The number of H-pyrrole nitrogens is 1. The van der Waals surface area contributed by atoms with Gasteiger partial charge in [-0.3, -0.25) is 9.89 Å². The molecule has 1 N–H and O–H groups in total. The third-order valence-corrected chi connectivity index (χ3v) is 6.47. The average Bonchev–Trinajstić information content (AvgIpc) is 3.48. The third-order valence-electron chi connectivity index (χ3n) is 5.64. The Morgan fingerprint density at radius 3 is 2.81 bits per heavy atom. The minimum Gasteiger partial charge on any atom is -0.486 e. The quantitative estimate of drug-likeness (QED) is 0.609. The van der Waals surface area contributed by atoms with Gasteiger partial charge in [0.25, 0.3) is 0 Å². The molecule has 3 heterocycles. The summed E-state index contributed by atoms with van der Waals surface area (Å²) in [7, 11) is 0. The molecule has 1 saturated heterocycles. The largest absolute Gasteiger partial charge is 0.486 e. The first-order valence-corrected chi connectivity index (χ1v) is 11.5. The van der Waals surface area contributed by atoms with Gasteiger partial charge in [-0.15, -0.1) is 5.10 Å². The molecule has 0 saturated carbocycles. The number of benzene rings is 2. The molecule has 1 aromatic heterocycles. The molecule has 0 radical (unpaired) electrons. The van der Waals surface area contributed by atoms with Crippen LogP contribution in [-0.4, -0.2) is 51.5 Å². The second-order valence-corrected chi connectivity index (χ2v) is 8.71. The van der Waals surface area contributed by atoms with Gasteiger partial charge in [0.05, 0.1) is 11.8 Å². The van der Waals surface area contributed by atoms with Gasteiger partial charge in [0, 0.05) is 12.1 Å². The second kappa shape index (κ2) is 8.63. The summed E-state index contributed by atoms with van der Waals surface area (Å²) in [6.45, 7) is 3.95. The van der Waals surface area contributed by atoms with Crippen molar-refractivity contribution < 1.29 is 14.3 Å². The molecule has 1 amide bonds. The van der Waals surface area contributed by atoms with E-state index in [0.29, 0.717) is 29.9 Å². The standard InChI is InChI=1S/C23H24N4O3S/c1-15-4-6-16(7-5-15)22-24-23(26-25-22)31-14-21(28)27-10-2-3-18(27)17-8-9-19-20(13-17)30-12-11-29-19/h4-9,13,18H,2-3,10-12,14H2,1H3,(H,24,25,26)/t18-/m0/s1. The average molecular weight is 437 g/mol. The second-order valence-electron chi connectivity index (χ2n) is 7.77. The summed E-state index contributed by atoms with van der Waals surface area (Å²) >= 11 is 1.36. The highest BCUT2D eigenvalue weighted by Crippen LogP contribution is 2.38. The van der Waals surface area contributed by atoms with E-state index < -0.39 is 0 Å². The SMILES string of the molecule is Cc1ccc(-c2nc(SCC(=O)N3CCC[C@H]3c3ccc4c(c3)OCCO4)n[nH]2)cc1. The highest BCUT2D eigenvalue weighted by Gasteiger charge is 2.31. The fourth-order valence-corrected chi connectivity index (χ4v) is 4.72. The number of carbonyl (C=O) groups is 1. The number of aryl methyl sites for hydroxylation is 1. The van der Waals surface area contributed by atoms with Crippen LogP contribution in [0.4, 0.5) is 0 Å². The van der Waals surface area contributed by atoms with Crippen molar-refractivity contribution in [3.05, 3.63) is 53.6 Å².